The Morgan fingerprint density at radius 1 is 0.912 bits per heavy atom. The van der Waals surface area contributed by atoms with Crippen LogP contribution in [0.3, 0.4) is 0 Å². The minimum absolute atomic E-state index is 0.232. The minimum atomic E-state index is -4.79. The standard InChI is InChI=1S/C23H22Cl2F3N5O/c24-15-9-10-19(18(25)12-15)32-33-21-13-20(14-5-4-8-17(11-14)34-23(26,27)28)30-22(31-21)29-16-6-2-1-3-7-16/h4-5,8-13,16,32H,1-3,6-7H2,(H2,29,30,31,33). The number of anilines is 3. The van der Waals surface area contributed by atoms with Crippen molar-refractivity contribution in [3.8, 4) is 17.0 Å². The van der Waals surface area contributed by atoms with Crippen LogP contribution < -0.4 is 20.9 Å². The predicted octanol–water partition coefficient (Wildman–Crippen LogP) is 7.53. The molecule has 6 nitrogen and oxygen atoms in total. The van der Waals surface area contributed by atoms with E-state index in [0.29, 0.717) is 38.8 Å². The van der Waals surface area contributed by atoms with Gasteiger partial charge in [-0.15, -0.1) is 13.2 Å². The largest absolute Gasteiger partial charge is 0.573 e. The van der Waals surface area contributed by atoms with Gasteiger partial charge in [0, 0.05) is 22.7 Å². The lowest BCUT2D eigenvalue weighted by Crippen LogP contribution is -2.24. The van der Waals surface area contributed by atoms with Crippen molar-refractivity contribution in [2.75, 3.05) is 16.2 Å². The van der Waals surface area contributed by atoms with E-state index in [-0.39, 0.29) is 11.8 Å². The molecule has 34 heavy (non-hydrogen) atoms. The first-order chi connectivity index (χ1) is 16.2. The number of ether oxygens (including phenoxy) is 1. The van der Waals surface area contributed by atoms with Gasteiger partial charge in [-0.3, -0.25) is 10.9 Å². The van der Waals surface area contributed by atoms with Crippen LogP contribution in [0.25, 0.3) is 11.3 Å². The summed E-state index contributed by atoms with van der Waals surface area (Å²) in [5, 5.41) is 4.27. The molecule has 1 aromatic heterocycles. The molecule has 4 rings (SSSR count). The molecule has 3 N–H and O–H groups in total. The molecular weight excluding hydrogens is 490 g/mol. The van der Waals surface area contributed by atoms with E-state index < -0.39 is 6.36 Å². The fourth-order valence-electron chi connectivity index (χ4n) is 3.73. The number of halogens is 5. The van der Waals surface area contributed by atoms with Crippen molar-refractivity contribution in [1.82, 2.24) is 9.97 Å². The second-order valence-corrected chi connectivity index (χ2v) is 8.73. The van der Waals surface area contributed by atoms with Crippen LogP contribution in [-0.2, 0) is 0 Å². The zero-order valence-corrected chi connectivity index (χ0v) is 19.4. The molecule has 11 heteroatoms. The molecule has 180 valence electrons. The van der Waals surface area contributed by atoms with Crippen LogP contribution in [-0.4, -0.2) is 22.4 Å². The molecule has 0 bridgehead atoms. The molecule has 0 amide bonds. The number of hydrogen-bond donors (Lipinski definition) is 3. The molecule has 0 aliphatic heterocycles. The first-order valence-electron chi connectivity index (χ1n) is 10.7. The maximum absolute atomic E-state index is 12.7. The second kappa shape index (κ2) is 10.6. The van der Waals surface area contributed by atoms with E-state index in [1.807, 2.05) is 0 Å². The average molecular weight is 512 g/mol. The topological polar surface area (TPSA) is 71.1 Å². The SMILES string of the molecule is FC(F)(F)Oc1cccc(-c2cc(NNc3ccc(Cl)cc3Cl)nc(NC3CCCCC3)n2)c1. The summed E-state index contributed by atoms with van der Waals surface area (Å²) in [6, 6.07) is 12.5. The molecule has 0 atom stereocenters. The van der Waals surface area contributed by atoms with Crippen molar-refractivity contribution >= 4 is 40.7 Å². The van der Waals surface area contributed by atoms with Crippen molar-refractivity contribution in [2.45, 2.75) is 44.5 Å². The van der Waals surface area contributed by atoms with Crippen molar-refractivity contribution in [3.05, 3.63) is 58.6 Å². The Hall–Kier alpha value is -2.91. The average Bonchev–Trinajstić information content (AvgIpc) is 2.78. The normalized spacial score (nSPS) is 14.5. The van der Waals surface area contributed by atoms with Gasteiger partial charge < -0.3 is 10.1 Å². The zero-order valence-electron chi connectivity index (χ0n) is 17.9. The number of benzene rings is 2. The molecule has 1 heterocycles. The van der Waals surface area contributed by atoms with Gasteiger partial charge in [0.2, 0.25) is 5.95 Å². The summed E-state index contributed by atoms with van der Waals surface area (Å²) in [6.07, 6.45) is 0.662. The molecule has 1 aliphatic carbocycles. The van der Waals surface area contributed by atoms with Gasteiger partial charge in [-0.05, 0) is 43.2 Å². The van der Waals surface area contributed by atoms with E-state index in [4.69, 9.17) is 23.2 Å². The molecule has 1 saturated carbocycles. The van der Waals surface area contributed by atoms with Gasteiger partial charge in [0.25, 0.3) is 0 Å². The fourth-order valence-corrected chi connectivity index (χ4v) is 4.18. The Labute approximate surface area is 204 Å². The summed E-state index contributed by atoms with van der Waals surface area (Å²) < 4.78 is 42.1. The minimum Gasteiger partial charge on any atom is -0.406 e. The van der Waals surface area contributed by atoms with E-state index in [0.717, 1.165) is 25.7 Å². The Morgan fingerprint density at radius 2 is 1.71 bits per heavy atom. The predicted molar refractivity (Wildman–Crippen MR) is 128 cm³/mol. The van der Waals surface area contributed by atoms with Gasteiger partial charge in [0.05, 0.1) is 16.4 Å². The summed E-state index contributed by atoms with van der Waals surface area (Å²) in [6.45, 7) is 0. The molecule has 0 spiro atoms. The number of aromatic nitrogens is 2. The molecule has 3 aromatic rings. The van der Waals surface area contributed by atoms with Gasteiger partial charge in [0.1, 0.15) is 5.75 Å². The summed E-state index contributed by atoms with van der Waals surface area (Å²) >= 11 is 12.2. The highest BCUT2D eigenvalue weighted by atomic mass is 35.5. The van der Waals surface area contributed by atoms with Gasteiger partial charge >= 0.3 is 6.36 Å². The molecule has 1 fully saturated rings. The highest BCUT2D eigenvalue weighted by Crippen LogP contribution is 2.30. The quantitative estimate of drug-likeness (QED) is 0.284. The van der Waals surface area contributed by atoms with Crippen LogP contribution in [0.2, 0.25) is 10.0 Å². The number of alkyl halides is 3. The smallest absolute Gasteiger partial charge is 0.406 e. The molecule has 1 aliphatic rings. The third-order valence-corrected chi connectivity index (χ3v) is 5.83. The maximum atomic E-state index is 12.7. The third kappa shape index (κ3) is 6.80. The first-order valence-corrected chi connectivity index (χ1v) is 11.5. The van der Waals surface area contributed by atoms with E-state index in [2.05, 4.69) is 30.9 Å². The van der Waals surface area contributed by atoms with Crippen molar-refractivity contribution in [1.29, 1.82) is 0 Å². The van der Waals surface area contributed by atoms with E-state index in [9.17, 15) is 13.2 Å². The van der Waals surface area contributed by atoms with E-state index >= 15 is 0 Å². The summed E-state index contributed by atoms with van der Waals surface area (Å²) in [7, 11) is 0. The number of rotatable bonds is 7. The fraction of sp³-hybridized carbons (Fsp3) is 0.304. The number of hydrazine groups is 1. The molecule has 0 saturated heterocycles. The number of nitrogens with one attached hydrogen (secondary N) is 3. The van der Waals surface area contributed by atoms with Crippen LogP contribution in [0.1, 0.15) is 32.1 Å². The summed E-state index contributed by atoms with van der Waals surface area (Å²) in [4.78, 5) is 9.07. The highest BCUT2D eigenvalue weighted by molar-refractivity contribution is 6.36. The molecule has 2 aromatic carbocycles. The van der Waals surface area contributed by atoms with Crippen molar-refractivity contribution in [2.24, 2.45) is 0 Å². The Kier molecular flexibility index (Phi) is 7.53. The van der Waals surface area contributed by atoms with Crippen LogP contribution in [0.15, 0.2) is 48.5 Å². The second-order valence-electron chi connectivity index (χ2n) is 7.89. The lowest BCUT2D eigenvalue weighted by atomic mass is 9.96. The lowest BCUT2D eigenvalue weighted by molar-refractivity contribution is -0.274. The van der Waals surface area contributed by atoms with Crippen LogP contribution in [0, 0.1) is 0 Å². The Balaban J connectivity index is 1.62. The van der Waals surface area contributed by atoms with Gasteiger partial charge in [-0.1, -0.05) is 54.6 Å². The molecule has 0 unspecified atom stereocenters. The van der Waals surface area contributed by atoms with Crippen LogP contribution in [0.5, 0.6) is 5.75 Å². The number of nitrogens with zero attached hydrogens (tertiary/aromatic N) is 2. The van der Waals surface area contributed by atoms with Gasteiger partial charge in [0.15, 0.2) is 5.82 Å². The number of hydrogen-bond acceptors (Lipinski definition) is 6. The van der Waals surface area contributed by atoms with Crippen molar-refractivity contribution in [3.63, 3.8) is 0 Å². The lowest BCUT2D eigenvalue weighted by Gasteiger charge is -2.23. The zero-order chi connectivity index (χ0) is 24.1. The van der Waals surface area contributed by atoms with Gasteiger partial charge in [-0.2, -0.15) is 4.98 Å². The summed E-state index contributed by atoms with van der Waals surface area (Å²) in [5.41, 5.74) is 7.41. The van der Waals surface area contributed by atoms with Gasteiger partial charge in [-0.25, -0.2) is 4.98 Å². The highest BCUT2D eigenvalue weighted by Gasteiger charge is 2.31. The molecular formula is C23H22Cl2F3N5O. The Morgan fingerprint density at radius 3 is 2.44 bits per heavy atom. The third-order valence-electron chi connectivity index (χ3n) is 5.28. The Bertz CT molecular complexity index is 1140. The van der Waals surface area contributed by atoms with E-state index in [1.165, 1.54) is 24.6 Å². The van der Waals surface area contributed by atoms with E-state index in [1.54, 1.807) is 30.3 Å². The van der Waals surface area contributed by atoms with Crippen LogP contribution >= 0.6 is 23.2 Å². The van der Waals surface area contributed by atoms with Crippen LogP contribution in [0.4, 0.5) is 30.6 Å². The van der Waals surface area contributed by atoms with Crippen molar-refractivity contribution < 1.29 is 17.9 Å². The monoisotopic (exact) mass is 511 g/mol. The molecule has 0 radical (unpaired) electrons. The first kappa shape index (κ1) is 24.2. The maximum Gasteiger partial charge on any atom is 0.573 e. The summed E-state index contributed by atoms with van der Waals surface area (Å²) in [5.74, 6) is 0.445.